The van der Waals surface area contributed by atoms with E-state index in [9.17, 15) is 14.0 Å². The molecule has 0 bridgehead atoms. The fourth-order valence-corrected chi connectivity index (χ4v) is 3.40. The quantitative estimate of drug-likeness (QED) is 0.440. The highest BCUT2D eigenvalue weighted by molar-refractivity contribution is 6.31. The van der Waals surface area contributed by atoms with Crippen molar-refractivity contribution in [3.8, 4) is 0 Å². The second kappa shape index (κ2) is 11.7. The van der Waals surface area contributed by atoms with E-state index in [0.717, 1.165) is 18.7 Å². The van der Waals surface area contributed by atoms with Crippen LogP contribution in [0, 0.1) is 12.7 Å². The third kappa shape index (κ3) is 7.52. The van der Waals surface area contributed by atoms with Crippen LogP contribution in [-0.2, 0) is 9.53 Å². The minimum atomic E-state index is -0.540. The van der Waals surface area contributed by atoms with Crippen molar-refractivity contribution in [1.82, 2.24) is 10.2 Å². The Morgan fingerprint density at radius 3 is 2.61 bits per heavy atom. The fraction of sp³-hybridized carbons (Fsp3) is 0.348. The van der Waals surface area contributed by atoms with E-state index in [1.807, 2.05) is 6.92 Å². The number of rotatable bonds is 6. The summed E-state index contributed by atoms with van der Waals surface area (Å²) in [6.45, 7) is 7.40. The maximum absolute atomic E-state index is 13.5. The second-order valence-corrected chi connectivity index (χ2v) is 8.01. The number of morpholine rings is 1. The van der Waals surface area contributed by atoms with Gasteiger partial charge in [0.25, 0.3) is 5.91 Å². The molecule has 0 spiro atoms. The molecule has 33 heavy (non-hydrogen) atoms. The molecule has 1 aliphatic heterocycles. The molecular weight excluding hydrogens is 449 g/mol. The molecule has 1 saturated heterocycles. The summed E-state index contributed by atoms with van der Waals surface area (Å²) in [6.07, 6.45) is 0. The Labute approximate surface area is 197 Å². The number of aliphatic imine (C=N–C) groups is 1. The first-order valence-electron chi connectivity index (χ1n) is 10.6. The molecule has 176 valence electrons. The molecular formula is C23H27ClFN5O3. The Kier molecular flexibility index (Phi) is 8.76. The summed E-state index contributed by atoms with van der Waals surface area (Å²) in [6, 6.07) is 9.18. The highest BCUT2D eigenvalue weighted by atomic mass is 35.5. The summed E-state index contributed by atoms with van der Waals surface area (Å²) < 4.78 is 18.9. The first-order chi connectivity index (χ1) is 15.8. The number of guanidine groups is 1. The number of halogens is 2. The van der Waals surface area contributed by atoms with Crippen molar-refractivity contribution in [1.29, 1.82) is 0 Å². The van der Waals surface area contributed by atoms with Crippen molar-refractivity contribution < 1.29 is 18.7 Å². The lowest BCUT2D eigenvalue weighted by Crippen LogP contribution is -2.39. The second-order valence-electron chi connectivity index (χ2n) is 7.60. The molecule has 0 aliphatic carbocycles. The van der Waals surface area contributed by atoms with Gasteiger partial charge in [-0.1, -0.05) is 17.7 Å². The average Bonchev–Trinajstić information content (AvgIpc) is 2.78. The van der Waals surface area contributed by atoms with Crippen molar-refractivity contribution in [2.24, 2.45) is 4.99 Å². The summed E-state index contributed by atoms with van der Waals surface area (Å²) in [5.74, 6) is -0.969. The molecule has 2 amide bonds. The van der Waals surface area contributed by atoms with E-state index in [1.165, 1.54) is 25.1 Å². The van der Waals surface area contributed by atoms with E-state index in [2.05, 4.69) is 25.8 Å². The largest absolute Gasteiger partial charge is 0.379 e. The number of hydrogen-bond acceptors (Lipinski definition) is 5. The molecule has 0 saturated carbocycles. The van der Waals surface area contributed by atoms with Crippen molar-refractivity contribution >= 4 is 40.7 Å². The summed E-state index contributed by atoms with van der Waals surface area (Å²) in [7, 11) is 0. The summed E-state index contributed by atoms with van der Waals surface area (Å²) >= 11 is 5.88. The molecule has 0 aromatic heterocycles. The van der Waals surface area contributed by atoms with E-state index in [4.69, 9.17) is 16.3 Å². The number of aryl methyl sites for hydroxylation is 1. The number of hydrogen-bond donors (Lipinski definition) is 3. The van der Waals surface area contributed by atoms with Crippen LogP contribution < -0.4 is 16.0 Å². The van der Waals surface area contributed by atoms with Crippen molar-refractivity contribution in [2.45, 2.75) is 13.8 Å². The predicted octanol–water partition coefficient (Wildman–Crippen LogP) is 3.28. The highest BCUT2D eigenvalue weighted by Crippen LogP contribution is 2.20. The van der Waals surface area contributed by atoms with Crippen LogP contribution in [0.5, 0.6) is 0 Å². The minimum absolute atomic E-state index is 0.0440. The van der Waals surface area contributed by atoms with Crippen molar-refractivity contribution in [3.05, 3.63) is 58.4 Å². The van der Waals surface area contributed by atoms with Crippen LogP contribution in [0.3, 0.4) is 0 Å². The third-order valence-electron chi connectivity index (χ3n) is 5.01. The number of carbonyl (C=O) groups excluding carboxylic acids is 2. The molecule has 1 fully saturated rings. The Morgan fingerprint density at radius 1 is 1.15 bits per heavy atom. The van der Waals surface area contributed by atoms with Gasteiger partial charge in [0.05, 0.1) is 24.8 Å². The van der Waals surface area contributed by atoms with Crippen LogP contribution in [0.4, 0.5) is 15.8 Å². The number of ether oxygens (including phenoxy) is 1. The van der Waals surface area contributed by atoms with E-state index in [1.54, 1.807) is 18.2 Å². The predicted molar refractivity (Wildman–Crippen MR) is 128 cm³/mol. The SMILES string of the molecule is CC(=O)Nc1cc(C(=O)NC(=NCCN2CCOCC2)Nc2ccc(F)c(Cl)c2)ccc1C. The van der Waals surface area contributed by atoms with E-state index in [-0.39, 0.29) is 16.9 Å². The monoisotopic (exact) mass is 475 g/mol. The van der Waals surface area contributed by atoms with Crippen LogP contribution in [0.1, 0.15) is 22.8 Å². The van der Waals surface area contributed by atoms with Crippen LogP contribution in [0.15, 0.2) is 41.4 Å². The number of nitrogens with one attached hydrogen (secondary N) is 3. The molecule has 8 nitrogen and oxygen atoms in total. The number of carbonyl (C=O) groups is 2. The highest BCUT2D eigenvalue weighted by Gasteiger charge is 2.14. The third-order valence-corrected chi connectivity index (χ3v) is 5.30. The lowest BCUT2D eigenvalue weighted by molar-refractivity contribution is -0.114. The Hall–Kier alpha value is -3.01. The molecule has 3 rings (SSSR count). The fourth-order valence-electron chi connectivity index (χ4n) is 3.22. The van der Waals surface area contributed by atoms with Gasteiger partial charge in [-0.3, -0.25) is 24.8 Å². The standard InChI is InChI=1S/C23H27ClFN5O3/c1-15-3-4-17(13-21(15)27-16(2)31)22(32)29-23(26-7-8-30-9-11-33-12-10-30)28-18-5-6-20(25)19(24)14-18/h3-6,13-14H,7-12H2,1-2H3,(H,27,31)(H2,26,28,29,32). The summed E-state index contributed by atoms with van der Waals surface area (Å²) in [5.41, 5.74) is 2.22. The van der Waals surface area contributed by atoms with E-state index < -0.39 is 11.7 Å². The molecule has 1 aliphatic rings. The number of benzene rings is 2. The molecule has 2 aromatic rings. The Balaban J connectivity index is 1.75. The zero-order valence-corrected chi connectivity index (χ0v) is 19.3. The van der Waals surface area contributed by atoms with Crippen molar-refractivity contribution in [2.75, 3.05) is 50.0 Å². The maximum atomic E-state index is 13.5. The molecule has 2 aromatic carbocycles. The van der Waals surface area contributed by atoms with Crippen LogP contribution >= 0.6 is 11.6 Å². The Morgan fingerprint density at radius 2 is 1.91 bits per heavy atom. The average molecular weight is 476 g/mol. The molecule has 0 unspecified atom stereocenters. The van der Waals surface area contributed by atoms with E-state index >= 15 is 0 Å². The van der Waals surface area contributed by atoms with Gasteiger partial charge in [0.2, 0.25) is 11.9 Å². The van der Waals surface area contributed by atoms with Gasteiger partial charge in [-0.15, -0.1) is 0 Å². The van der Waals surface area contributed by atoms with Gasteiger partial charge in [0, 0.05) is 43.5 Å². The van der Waals surface area contributed by atoms with Gasteiger partial charge in [0.1, 0.15) is 5.82 Å². The molecule has 0 radical (unpaired) electrons. The number of amides is 2. The zero-order valence-electron chi connectivity index (χ0n) is 18.6. The zero-order chi connectivity index (χ0) is 23.8. The summed E-state index contributed by atoms with van der Waals surface area (Å²) in [4.78, 5) is 31.1. The molecule has 1 heterocycles. The van der Waals surface area contributed by atoms with Gasteiger partial charge in [0.15, 0.2) is 0 Å². The first kappa shape index (κ1) is 24.6. The lowest BCUT2D eigenvalue weighted by atomic mass is 10.1. The minimum Gasteiger partial charge on any atom is -0.379 e. The number of nitrogens with zero attached hydrogens (tertiary/aromatic N) is 2. The van der Waals surface area contributed by atoms with Gasteiger partial charge >= 0.3 is 0 Å². The van der Waals surface area contributed by atoms with Crippen LogP contribution in [0.25, 0.3) is 0 Å². The van der Waals surface area contributed by atoms with Crippen molar-refractivity contribution in [3.63, 3.8) is 0 Å². The smallest absolute Gasteiger partial charge is 0.258 e. The maximum Gasteiger partial charge on any atom is 0.258 e. The van der Waals surface area contributed by atoms with E-state index in [0.29, 0.717) is 43.2 Å². The van der Waals surface area contributed by atoms with Crippen LogP contribution in [0.2, 0.25) is 5.02 Å². The molecule has 0 atom stereocenters. The van der Waals surface area contributed by atoms with Crippen LogP contribution in [-0.4, -0.2) is 62.1 Å². The molecule has 3 N–H and O–H groups in total. The van der Waals surface area contributed by atoms with Gasteiger partial charge in [-0.2, -0.15) is 0 Å². The lowest BCUT2D eigenvalue weighted by Gasteiger charge is -2.25. The Bertz CT molecular complexity index is 1040. The van der Waals surface area contributed by atoms with Gasteiger partial charge in [-0.25, -0.2) is 4.39 Å². The first-order valence-corrected chi connectivity index (χ1v) is 11.0. The van der Waals surface area contributed by atoms with Gasteiger partial charge < -0.3 is 15.4 Å². The topological polar surface area (TPSA) is 95.1 Å². The summed E-state index contributed by atoms with van der Waals surface area (Å²) in [5, 5.41) is 8.43. The van der Waals surface area contributed by atoms with Gasteiger partial charge in [-0.05, 0) is 42.8 Å². The molecule has 10 heteroatoms. The normalized spacial score (nSPS) is 14.6. The number of anilines is 2.